The molecular weight excluding hydrogens is 348 g/mol. The van der Waals surface area contributed by atoms with Crippen LogP contribution in [-0.2, 0) is 0 Å². The Morgan fingerprint density at radius 3 is 2.88 bits per heavy atom. The fourth-order valence-corrected chi connectivity index (χ4v) is 4.30. The second-order valence-electron chi connectivity index (χ2n) is 6.38. The summed E-state index contributed by atoms with van der Waals surface area (Å²) in [7, 11) is 0. The zero-order valence-electron chi connectivity index (χ0n) is 14.5. The van der Waals surface area contributed by atoms with E-state index >= 15 is 0 Å². The number of amides is 1. The van der Waals surface area contributed by atoms with Crippen LogP contribution in [0.3, 0.4) is 0 Å². The van der Waals surface area contributed by atoms with Crippen molar-refractivity contribution in [2.24, 2.45) is 0 Å². The third-order valence-corrected chi connectivity index (χ3v) is 5.60. The molecule has 3 aromatic heterocycles. The Morgan fingerprint density at radius 2 is 2.15 bits per heavy atom. The lowest BCUT2D eigenvalue weighted by Gasteiger charge is -2.34. The number of rotatable bonds is 4. The number of anilines is 2. The maximum atomic E-state index is 12.5. The highest BCUT2D eigenvalue weighted by molar-refractivity contribution is 7.20. The number of pyridine rings is 1. The molecule has 6 nitrogen and oxygen atoms in total. The molecular formula is C19H20N4O2S. The van der Waals surface area contributed by atoms with Gasteiger partial charge in [0.05, 0.1) is 6.26 Å². The first-order chi connectivity index (χ1) is 12.7. The fourth-order valence-electron chi connectivity index (χ4n) is 3.21. The molecule has 1 fully saturated rings. The minimum Gasteiger partial charge on any atom is -0.463 e. The van der Waals surface area contributed by atoms with Crippen molar-refractivity contribution in [1.82, 2.24) is 9.97 Å². The number of carbonyl (C=O) groups excluding carboxylic acids is 1. The first kappa shape index (κ1) is 16.8. The molecule has 134 valence electrons. The minimum atomic E-state index is -0.189. The van der Waals surface area contributed by atoms with Gasteiger partial charge in [-0.2, -0.15) is 0 Å². The van der Waals surface area contributed by atoms with Crippen molar-refractivity contribution in [3.8, 4) is 11.5 Å². The molecule has 7 heteroatoms. The van der Waals surface area contributed by atoms with Crippen LogP contribution in [0, 0.1) is 0 Å². The van der Waals surface area contributed by atoms with Gasteiger partial charge in [0.2, 0.25) is 0 Å². The topological polar surface area (TPSA) is 71.3 Å². The van der Waals surface area contributed by atoms with E-state index < -0.39 is 0 Å². The molecule has 1 unspecified atom stereocenters. The average molecular weight is 368 g/mol. The maximum absolute atomic E-state index is 12.5. The van der Waals surface area contributed by atoms with Gasteiger partial charge in [-0.25, -0.2) is 4.98 Å². The van der Waals surface area contributed by atoms with E-state index in [2.05, 4.69) is 27.1 Å². The van der Waals surface area contributed by atoms with E-state index in [1.54, 1.807) is 30.8 Å². The normalized spacial score (nSPS) is 17.3. The monoisotopic (exact) mass is 368 g/mol. The van der Waals surface area contributed by atoms with E-state index in [4.69, 9.17) is 4.42 Å². The van der Waals surface area contributed by atoms with Crippen LogP contribution in [0.1, 0.15) is 36.5 Å². The van der Waals surface area contributed by atoms with Crippen molar-refractivity contribution in [3.05, 3.63) is 48.5 Å². The molecule has 1 aliphatic heterocycles. The Kier molecular flexibility index (Phi) is 4.71. The van der Waals surface area contributed by atoms with Crippen LogP contribution in [0.15, 0.2) is 47.3 Å². The van der Waals surface area contributed by atoms with Crippen LogP contribution in [0.5, 0.6) is 0 Å². The number of piperidine rings is 1. The van der Waals surface area contributed by atoms with Crippen LogP contribution in [0.25, 0.3) is 11.5 Å². The van der Waals surface area contributed by atoms with Gasteiger partial charge in [0.25, 0.3) is 5.91 Å². The van der Waals surface area contributed by atoms with E-state index in [9.17, 15) is 4.79 Å². The summed E-state index contributed by atoms with van der Waals surface area (Å²) in [6, 6.07) is 7.57. The van der Waals surface area contributed by atoms with Gasteiger partial charge in [-0.05, 0) is 50.5 Å². The molecule has 1 saturated heterocycles. The number of hydrogen-bond acceptors (Lipinski definition) is 6. The van der Waals surface area contributed by atoms with Crippen LogP contribution in [0.2, 0.25) is 0 Å². The largest absolute Gasteiger partial charge is 0.463 e. The summed E-state index contributed by atoms with van der Waals surface area (Å²) in [4.78, 5) is 23.4. The third-order valence-electron chi connectivity index (χ3n) is 4.59. The molecule has 0 bridgehead atoms. The summed E-state index contributed by atoms with van der Waals surface area (Å²) in [5.41, 5.74) is 1.35. The second kappa shape index (κ2) is 7.29. The van der Waals surface area contributed by atoms with Crippen molar-refractivity contribution < 1.29 is 9.21 Å². The molecule has 4 heterocycles. The molecule has 1 atom stereocenters. The summed E-state index contributed by atoms with van der Waals surface area (Å²) in [5, 5.41) is 4.54. The predicted octanol–water partition coefficient (Wildman–Crippen LogP) is 4.43. The van der Waals surface area contributed by atoms with Gasteiger partial charge >= 0.3 is 0 Å². The highest BCUT2D eigenvalue weighted by atomic mass is 32.1. The van der Waals surface area contributed by atoms with Crippen LogP contribution in [0.4, 0.5) is 10.1 Å². The van der Waals surface area contributed by atoms with Gasteiger partial charge in [-0.15, -0.1) is 0 Å². The lowest BCUT2D eigenvalue weighted by molar-refractivity contribution is 0.102. The fraction of sp³-hybridized carbons (Fsp3) is 0.316. The number of thiazole rings is 1. The van der Waals surface area contributed by atoms with Gasteiger partial charge < -0.3 is 9.32 Å². The Morgan fingerprint density at radius 1 is 1.31 bits per heavy atom. The highest BCUT2D eigenvalue weighted by Crippen LogP contribution is 2.41. The summed E-state index contributed by atoms with van der Waals surface area (Å²) >= 11 is 1.50. The Balaban J connectivity index is 1.66. The summed E-state index contributed by atoms with van der Waals surface area (Å²) in [5.74, 6) is 0.531. The lowest BCUT2D eigenvalue weighted by atomic mass is 10.0. The second-order valence-corrected chi connectivity index (χ2v) is 7.36. The molecule has 4 rings (SSSR count). The Hall–Kier alpha value is -2.67. The average Bonchev–Trinajstić information content (AvgIpc) is 3.32. The summed E-state index contributed by atoms with van der Waals surface area (Å²) in [6.45, 7) is 3.23. The minimum absolute atomic E-state index is 0.189. The molecule has 0 saturated carbocycles. The summed E-state index contributed by atoms with van der Waals surface area (Å²) < 4.78 is 5.59. The van der Waals surface area contributed by atoms with Gasteiger partial charge in [-0.1, -0.05) is 11.3 Å². The number of hydrogen-bond donors (Lipinski definition) is 1. The zero-order valence-corrected chi connectivity index (χ0v) is 15.3. The summed E-state index contributed by atoms with van der Waals surface area (Å²) in [6.07, 6.45) is 8.43. The number of nitrogens with one attached hydrogen (secondary N) is 1. The highest BCUT2D eigenvalue weighted by Gasteiger charge is 2.26. The van der Waals surface area contributed by atoms with E-state index in [-0.39, 0.29) is 5.91 Å². The molecule has 1 aliphatic rings. The van der Waals surface area contributed by atoms with E-state index in [1.165, 1.54) is 24.2 Å². The number of nitrogens with zero attached hydrogens (tertiary/aromatic N) is 3. The lowest BCUT2D eigenvalue weighted by Crippen LogP contribution is -2.37. The number of furan rings is 1. The smallest absolute Gasteiger partial charge is 0.257 e. The van der Waals surface area contributed by atoms with Gasteiger partial charge in [0, 0.05) is 30.5 Å². The SMILES string of the molecule is CC1CCCCN1c1sc(NC(=O)c2ccncc2)nc1-c1ccco1. The molecule has 0 aromatic carbocycles. The number of aromatic nitrogens is 2. The van der Waals surface area contributed by atoms with Crippen molar-refractivity contribution in [1.29, 1.82) is 0 Å². The standard InChI is InChI=1S/C19H20N4O2S/c1-13-5-2-3-11-23(13)18-16(15-6-4-12-25-15)21-19(26-18)22-17(24)14-7-9-20-10-8-14/h4,6-10,12-13H,2-3,5,11H2,1H3,(H,21,22,24). The third kappa shape index (κ3) is 3.35. The van der Waals surface area contributed by atoms with Crippen molar-refractivity contribution in [3.63, 3.8) is 0 Å². The van der Waals surface area contributed by atoms with Crippen LogP contribution >= 0.6 is 11.3 Å². The molecule has 1 N–H and O–H groups in total. The van der Waals surface area contributed by atoms with Gasteiger partial charge in [-0.3, -0.25) is 15.1 Å². The number of carbonyl (C=O) groups is 1. The zero-order chi connectivity index (χ0) is 17.9. The van der Waals surface area contributed by atoms with Crippen LogP contribution < -0.4 is 10.2 Å². The van der Waals surface area contributed by atoms with Crippen molar-refractivity contribution >= 4 is 27.4 Å². The van der Waals surface area contributed by atoms with Crippen molar-refractivity contribution in [2.45, 2.75) is 32.2 Å². The first-order valence-electron chi connectivity index (χ1n) is 8.75. The molecule has 0 spiro atoms. The first-order valence-corrected chi connectivity index (χ1v) is 9.57. The molecule has 1 amide bonds. The molecule has 3 aromatic rings. The molecule has 26 heavy (non-hydrogen) atoms. The van der Waals surface area contributed by atoms with Gasteiger partial charge in [0.15, 0.2) is 10.9 Å². The Bertz CT molecular complexity index is 876. The van der Waals surface area contributed by atoms with Crippen molar-refractivity contribution in [2.75, 3.05) is 16.8 Å². The van der Waals surface area contributed by atoms with Crippen LogP contribution in [-0.4, -0.2) is 28.5 Å². The quantitative estimate of drug-likeness (QED) is 0.738. The van der Waals surface area contributed by atoms with E-state index in [0.29, 0.717) is 16.7 Å². The van der Waals surface area contributed by atoms with E-state index in [1.807, 2.05) is 12.1 Å². The molecule has 0 aliphatic carbocycles. The van der Waals surface area contributed by atoms with Gasteiger partial charge in [0.1, 0.15) is 10.7 Å². The maximum Gasteiger partial charge on any atom is 0.257 e. The Labute approximate surface area is 155 Å². The van der Waals surface area contributed by atoms with E-state index in [0.717, 1.165) is 29.4 Å². The predicted molar refractivity (Wildman–Crippen MR) is 103 cm³/mol. The molecule has 0 radical (unpaired) electrons.